The molecule has 8 heteroatoms. The van der Waals surface area contributed by atoms with Gasteiger partial charge in [-0.05, 0) is 30.4 Å². The van der Waals surface area contributed by atoms with E-state index in [1.54, 1.807) is 6.20 Å². The van der Waals surface area contributed by atoms with Crippen molar-refractivity contribution in [1.82, 2.24) is 14.8 Å². The zero-order chi connectivity index (χ0) is 23.7. The number of morpholine rings is 1. The van der Waals surface area contributed by atoms with Gasteiger partial charge in [-0.1, -0.05) is 33.9 Å². The number of rotatable bonds is 12. The average Bonchev–Trinajstić information content (AvgIpc) is 2.75. The highest BCUT2D eigenvalue weighted by atomic mass is 19.3. The van der Waals surface area contributed by atoms with Crippen molar-refractivity contribution in [2.75, 3.05) is 38.6 Å². The molecule has 0 atom stereocenters. The first-order valence-electron chi connectivity index (χ1n) is 11.1. The number of anilines is 1. The van der Waals surface area contributed by atoms with Gasteiger partial charge in [0.1, 0.15) is 0 Å². The van der Waals surface area contributed by atoms with E-state index in [2.05, 4.69) is 46.5 Å². The maximum Gasteiger partial charge on any atom is 0.387 e. The molecule has 0 saturated carbocycles. The fourth-order valence-corrected chi connectivity index (χ4v) is 3.57. The summed E-state index contributed by atoms with van der Waals surface area (Å²) in [6.45, 7) is 15.8. The van der Waals surface area contributed by atoms with Crippen LogP contribution in [0.4, 0.5) is 14.6 Å². The van der Waals surface area contributed by atoms with Crippen LogP contribution in [0.15, 0.2) is 43.0 Å². The molecule has 2 rings (SSSR count). The fraction of sp³-hybridized carbons (Fsp3) is 0.542. The first kappa shape index (κ1) is 25.6. The Bertz CT molecular complexity index is 805. The highest BCUT2D eigenvalue weighted by Gasteiger charge is 2.16. The normalized spacial score (nSPS) is 14.7. The Labute approximate surface area is 190 Å². The molecule has 0 spiro atoms. The molecule has 32 heavy (non-hydrogen) atoms. The molecular formula is C24H36F2N4O2. The lowest BCUT2D eigenvalue weighted by Crippen LogP contribution is -2.36. The van der Waals surface area contributed by atoms with Gasteiger partial charge in [0.2, 0.25) is 0 Å². The molecule has 1 fully saturated rings. The highest BCUT2D eigenvalue weighted by molar-refractivity contribution is 5.67. The number of ether oxygens (including phenoxy) is 2. The second-order valence-electron chi connectivity index (χ2n) is 8.27. The number of pyridine rings is 1. The average molecular weight is 451 g/mol. The summed E-state index contributed by atoms with van der Waals surface area (Å²) in [6, 6.07) is 1.51. The summed E-state index contributed by atoms with van der Waals surface area (Å²) < 4.78 is 35.4. The van der Waals surface area contributed by atoms with Crippen LogP contribution in [0, 0.1) is 5.92 Å². The number of allylic oxidation sites excluding steroid dienone is 2. The third-order valence-corrected chi connectivity index (χ3v) is 5.31. The number of hydrogen-bond acceptors (Lipinski definition) is 6. The van der Waals surface area contributed by atoms with Gasteiger partial charge in [-0.25, -0.2) is 4.98 Å². The van der Waals surface area contributed by atoms with Crippen molar-refractivity contribution in [2.24, 2.45) is 5.92 Å². The van der Waals surface area contributed by atoms with Crippen LogP contribution in [0.25, 0.3) is 5.57 Å². The second-order valence-corrected chi connectivity index (χ2v) is 8.27. The standard InChI is InChI=1S/C24H36F2N4O2/c1-6-20(21-14-22(32-24(25)26)23(27)28-15-21)16-30(19(5)13-17(2)3)8-7-18(4)29-9-11-31-12-10-29/h14-17,24H,4-13H2,1-3H3,(H2,27,28)/b20-16+. The van der Waals surface area contributed by atoms with Crippen LogP contribution in [0.3, 0.4) is 0 Å². The Kier molecular flexibility index (Phi) is 9.97. The molecule has 1 aromatic rings. The van der Waals surface area contributed by atoms with Gasteiger partial charge in [-0.2, -0.15) is 8.78 Å². The fourth-order valence-electron chi connectivity index (χ4n) is 3.57. The summed E-state index contributed by atoms with van der Waals surface area (Å²) >= 11 is 0. The molecule has 1 aliphatic rings. The maximum absolute atomic E-state index is 12.7. The van der Waals surface area contributed by atoms with E-state index in [1.165, 1.54) is 6.07 Å². The summed E-state index contributed by atoms with van der Waals surface area (Å²) in [4.78, 5) is 8.43. The van der Waals surface area contributed by atoms with Crippen LogP contribution in [-0.4, -0.2) is 54.2 Å². The molecule has 6 nitrogen and oxygen atoms in total. The van der Waals surface area contributed by atoms with Crippen molar-refractivity contribution in [3.8, 4) is 5.75 Å². The third-order valence-electron chi connectivity index (χ3n) is 5.31. The molecule has 2 heterocycles. The Morgan fingerprint density at radius 2 is 2.03 bits per heavy atom. The lowest BCUT2D eigenvalue weighted by molar-refractivity contribution is -0.0495. The van der Waals surface area contributed by atoms with E-state index >= 15 is 0 Å². The molecule has 0 aromatic carbocycles. The number of nitrogen functional groups attached to an aromatic ring is 1. The van der Waals surface area contributed by atoms with Crippen LogP contribution in [0.2, 0.25) is 0 Å². The van der Waals surface area contributed by atoms with Gasteiger partial charge in [-0.15, -0.1) is 0 Å². The topological polar surface area (TPSA) is 63.9 Å². The Morgan fingerprint density at radius 1 is 1.34 bits per heavy atom. The van der Waals surface area contributed by atoms with Gasteiger partial charge in [0.15, 0.2) is 11.6 Å². The van der Waals surface area contributed by atoms with Crippen LogP contribution in [0.1, 0.15) is 45.6 Å². The van der Waals surface area contributed by atoms with Crippen molar-refractivity contribution in [2.45, 2.75) is 46.6 Å². The van der Waals surface area contributed by atoms with E-state index in [0.717, 1.165) is 56.1 Å². The minimum Gasteiger partial charge on any atom is -0.431 e. The lowest BCUT2D eigenvalue weighted by Gasteiger charge is -2.32. The number of hydrogen-bond donors (Lipinski definition) is 1. The second kappa shape index (κ2) is 12.4. The first-order chi connectivity index (χ1) is 15.2. The zero-order valence-corrected chi connectivity index (χ0v) is 19.4. The minimum atomic E-state index is -2.96. The quantitative estimate of drug-likeness (QED) is 0.477. The van der Waals surface area contributed by atoms with E-state index in [4.69, 9.17) is 10.5 Å². The molecule has 1 aromatic heterocycles. The number of aromatic nitrogens is 1. The van der Waals surface area contributed by atoms with Gasteiger partial charge in [0, 0.05) is 55.4 Å². The van der Waals surface area contributed by atoms with Crippen LogP contribution in [0.5, 0.6) is 5.75 Å². The lowest BCUT2D eigenvalue weighted by atomic mass is 10.0. The smallest absolute Gasteiger partial charge is 0.387 e. The minimum absolute atomic E-state index is 0.0626. The molecule has 1 aliphatic heterocycles. The summed E-state index contributed by atoms with van der Waals surface area (Å²) in [5, 5.41) is 0. The predicted molar refractivity (Wildman–Crippen MR) is 125 cm³/mol. The maximum atomic E-state index is 12.7. The largest absolute Gasteiger partial charge is 0.431 e. The third kappa shape index (κ3) is 7.82. The molecule has 0 unspecified atom stereocenters. The van der Waals surface area contributed by atoms with Gasteiger partial charge in [0.05, 0.1) is 13.2 Å². The van der Waals surface area contributed by atoms with Crippen molar-refractivity contribution in [3.63, 3.8) is 0 Å². The van der Waals surface area contributed by atoms with Crippen LogP contribution < -0.4 is 10.5 Å². The van der Waals surface area contributed by atoms with E-state index < -0.39 is 6.61 Å². The monoisotopic (exact) mass is 450 g/mol. The predicted octanol–water partition coefficient (Wildman–Crippen LogP) is 5.11. The molecular weight excluding hydrogens is 414 g/mol. The van der Waals surface area contributed by atoms with Gasteiger partial charge in [0.25, 0.3) is 0 Å². The molecule has 0 aliphatic carbocycles. The van der Waals surface area contributed by atoms with Gasteiger partial charge < -0.3 is 25.0 Å². The summed E-state index contributed by atoms with van der Waals surface area (Å²) in [5.74, 6) is 0.271. The molecule has 0 amide bonds. The summed E-state index contributed by atoms with van der Waals surface area (Å²) in [7, 11) is 0. The van der Waals surface area contributed by atoms with E-state index in [0.29, 0.717) is 24.4 Å². The van der Waals surface area contributed by atoms with Crippen molar-refractivity contribution >= 4 is 11.4 Å². The van der Waals surface area contributed by atoms with E-state index in [9.17, 15) is 8.78 Å². The van der Waals surface area contributed by atoms with E-state index in [-0.39, 0.29) is 11.6 Å². The van der Waals surface area contributed by atoms with Crippen molar-refractivity contribution < 1.29 is 18.3 Å². The molecule has 1 saturated heterocycles. The Hall–Kier alpha value is -2.61. The number of alkyl halides is 2. The van der Waals surface area contributed by atoms with Crippen LogP contribution >= 0.6 is 0 Å². The summed E-state index contributed by atoms with van der Waals surface area (Å²) in [6.07, 6.45) is 5.91. The first-order valence-corrected chi connectivity index (χ1v) is 11.1. The van der Waals surface area contributed by atoms with Crippen LogP contribution in [-0.2, 0) is 4.74 Å². The Balaban J connectivity index is 2.24. The molecule has 0 bridgehead atoms. The number of nitrogens with two attached hydrogens (primary N) is 1. The van der Waals surface area contributed by atoms with E-state index in [1.807, 2.05) is 13.1 Å². The van der Waals surface area contributed by atoms with Crippen molar-refractivity contribution in [3.05, 3.63) is 48.6 Å². The number of nitrogens with zero attached hydrogens (tertiary/aromatic N) is 3. The number of halogens is 2. The summed E-state index contributed by atoms with van der Waals surface area (Å²) in [5.41, 5.74) is 9.38. The molecule has 178 valence electrons. The molecule has 2 N–H and O–H groups in total. The van der Waals surface area contributed by atoms with Gasteiger partial charge in [-0.3, -0.25) is 0 Å². The zero-order valence-electron chi connectivity index (χ0n) is 19.4. The molecule has 0 radical (unpaired) electrons. The van der Waals surface area contributed by atoms with Crippen molar-refractivity contribution in [1.29, 1.82) is 0 Å². The SMILES string of the molecule is C=C(CC(C)C)N(/C=C(\CC)c1cnc(N)c(OC(F)F)c1)CCC(=C)N1CCOCC1. The Morgan fingerprint density at radius 3 is 2.62 bits per heavy atom. The van der Waals surface area contributed by atoms with Gasteiger partial charge >= 0.3 is 6.61 Å². The highest BCUT2D eigenvalue weighted by Crippen LogP contribution is 2.29.